The lowest BCUT2D eigenvalue weighted by Crippen LogP contribution is -2.07. The maximum Gasteiger partial charge on any atom is 0.119 e. The van der Waals surface area contributed by atoms with Gasteiger partial charge in [-0.3, -0.25) is 0 Å². The highest BCUT2D eigenvalue weighted by Gasteiger charge is 2.01. The van der Waals surface area contributed by atoms with Gasteiger partial charge in [-0.05, 0) is 37.7 Å². The molecule has 4 heteroatoms. The van der Waals surface area contributed by atoms with Crippen LogP contribution in [-0.4, -0.2) is 26.9 Å². The van der Waals surface area contributed by atoms with Crippen LogP contribution in [0.4, 0.5) is 0 Å². The molecule has 96 valence electrons. The Labute approximate surface area is 112 Å². The number of ether oxygens (including phenoxy) is 2. The van der Waals surface area contributed by atoms with Gasteiger partial charge in [0.25, 0.3) is 0 Å². The van der Waals surface area contributed by atoms with Gasteiger partial charge in [-0.2, -0.15) is 0 Å². The Hall–Kier alpha value is -0.580. The fourth-order valence-electron chi connectivity index (χ4n) is 1.46. The maximum absolute atomic E-state index is 5.67. The number of halogens is 1. The molecule has 0 aliphatic rings. The summed E-state index contributed by atoms with van der Waals surface area (Å²) in [4.78, 5) is 0. The molecule has 0 aromatic heterocycles. The molecule has 1 rings (SSSR count). The number of nitrogens with one attached hydrogen (secondary N) is 1. The van der Waals surface area contributed by atoms with E-state index in [1.54, 1.807) is 0 Å². The van der Waals surface area contributed by atoms with Gasteiger partial charge in [-0.1, -0.05) is 15.9 Å². The van der Waals surface area contributed by atoms with Crippen LogP contribution in [0.15, 0.2) is 22.7 Å². The molecule has 0 unspecified atom stereocenters. The van der Waals surface area contributed by atoms with Crippen LogP contribution in [0, 0.1) is 0 Å². The zero-order valence-corrected chi connectivity index (χ0v) is 12.0. The highest BCUT2D eigenvalue weighted by atomic mass is 79.9. The molecule has 1 aromatic carbocycles. The van der Waals surface area contributed by atoms with Crippen LogP contribution in [0.2, 0.25) is 0 Å². The summed E-state index contributed by atoms with van der Waals surface area (Å²) in [5.74, 6) is 0.912. The third kappa shape index (κ3) is 5.52. The molecule has 0 radical (unpaired) electrons. The highest BCUT2D eigenvalue weighted by Crippen LogP contribution is 2.22. The van der Waals surface area contributed by atoms with Crippen molar-refractivity contribution in [2.45, 2.75) is 19.9 Å². The third-order valence-corrected chi connectivity index (χ3v) is 3.06. The van der Waals surface area contributed by atoms with Crippen LogP contribution in [0.5, 0.6) is 5.75 Å². The van der Waals surface area contributed by atoms with Crippen LogP contribution in [0.25, 0.3) is 0 Å². The predicted molar refractivity (Wildman–Crippen MR) is 73.5 cm³/mol. The van der Waals surface area contributed by atoms with Crippen molar-refractivity contribution < 1.29 is 9.47 Å². The van der Waals surface area contributed by atoms with Gasteiger partial charge in [0.2, 0.25) is 0 Å². The highest BCUT2D eigenvalue weighted by molar-refractivity contribution is 9.10. The molecular weight excluding hydrogens is 282 g/mol. The van der Waals surface area contributed by atoms with Crippen LogP contribution in [0.1, 0.15) is 18.9 Å². The monoisotopic (exact) mass is 301 g/mol. The van der Waals surface area contributed by atoms with E-state index in [9.17, 15) is 0 Å². The molecule has 0 aliphatic carbocycles. The normalized spacial score (nSPS) is 10.5. The second-order valence-corrected chi connectivity index (χ2v) is 4.54. The zero-order chi connectivity index (χ0) is 12.5. The van der Waals surface area contributed by atoms with Crippen molar-refractivity contribution in [3.05, 3.63) is 28.2 Å². The minimum atomic E-state index is 0.695. The second-order valence-electron chi connectivity index (χ2n) is 3.68. The molecule has 0 saturated carbocycles. The lowest BCUT2D eigenvalue weighted by Gasteiger charge is -2.09. The molecular formula is C13H20BrNO2. The summed E-state index contributed by atoms with van der Waals surface area (Å²) in [6.07, 6.45) is 0.922. The first-order valence-corrected chi connectivity index (χ1v) is 6.70. The van der Waals surface area contributed by atoms with Gasteiger partial charge in [0.15, 0.2) is 0 Å². The average molecular weight is 302 g/mol. The SMILES string of the molecule is CCOCCCOc1ccc(Br)c(CNC)c1. The van der Waals surface area contributed by atoms with Crippen LogP contribution < -0.4 is 10.1 Å². The van der Waals surface area contributed by atoms with Gasteiger partial charge in [0, 0.05) is 30.7 Å². The Kier molecular flexibility index (Phi) is 7.24. The van der Waals surface area contributed by atoms with Crippen LogP contribution in [-0.2, 0) is 11.3 Å². The predicted octanol–water partition coefficient (Wildman–Crippen LogP) is 2.97. The summed E-state index contributed by atoms with van der Waals surface area (Å²) in [5.41, 5.74) is 1.20. The third-order valence-electron chi connectivity index (χ3n) is 2.29. The summed E-state index contributed by atoms with van der Waals surface area (Å²) < 4.78 is 12.0. The summed E-state index contributed by atoms with van der Waals surface area (Å²) in [6, 6.07) is 6.05. The van der Waals surface area contributed by atoms with E-state index >= 15 is 0 Å². The smallest absolute Gasteiger partial charge is 0.119 e. The van der Waals surface area contributed by atoms with E-state index in [-0.39, 0.29) is 0 Å². The zero-order valence-electron chi connectivity index (χ0n) is 10.5. The first-order chi connectivity index (χ1) is 8.27. The Morgan fingerprint density at radius 2 is 2.12 bits per heavy atom. The van der Waals surface area contributed by atoms with Gasteiger partial charge in [-0.15, -0.1) is 0 Å². The van der Waals surface area contributed by atoms with Gasteiger partial charge in [-0.25, -0.2) is 0 Å². The Bertz CT molecular complexity index is 331. The van der Waals surface area contributed by atoms with E-state index in [0.29, 0.717) is 6.61 Å². The van der Waals surface area contributed by atoms with Crippen LogP contribution >= 0.6 is 15.9 Å². The summed E-state index contributed by atoms with van der Waals surface area (Å²) in [5, 5.41) is 3.13. The van der Waals surface area contributed by atoms with Crippen molar-refractivity contribution in [1.29, 1.82) is 0 Å². The van der Waals surface area contributed by atoms with Crippen LogP contribution in [0.3, 0.4) is 0 Å². The van der Waals surface area contributed by atoms with E-state index in [2.05, 4.69) is 27.3 Å². The molecule has 1 N–H and O–H groups in total. The van der Waals surface area contributed by atoms with Crippen molar-refractivity contribution in [1.82, 2.24) is 5.32 Å². The fraction of sp³-hybridized carbons (Fsp3) is 0.538. The largest absolute Gasteiger partial charge is 0.493 e. The van der Waals surface area contributed by atoms with E-state index in [0.717, 1.165) is 36.4 Å². The molecule has 0 amide bonds. The first-order valence-electron chi connectivity index (χ1n) is 5.91. The molecule has 17 heavy (non-hydrogen) atoms. The van der Waals surface area contributed by atoms with Crippen molar-refractivity contribution >= 4 is 15.9 Å². The molecule has 0 fully saturated rings. The second kappa shape index (κ2) is 8.50. The van der Waals surface area contributed by atoms with E-state index in [4.69, 9.17) is 9.47 Å². The number of hydrogen-bond acceptors (Lipinski definition) is 3. The maximum atomic E-state index is 5.67. The Balaban J connectivity index is 2.40. The van der Waals surface area contributed by atoms with E-state index in [1.165, 1.54) is 5.56 Å². The standard InChI is InChI=1S/C13H20BrNO2/c1-3-16-7-4-8-17-12-5-6-13(14)11(9-12)10-15-2/h5-6,9,15H,3-4,7-8,10H2,1-2H3. The number of hydrogen-bond donors (Lipinski definition) is 1. The van der Waals surface area contributed by atoms with Crippen molar-refractivity contribution in [3.63, 3.8) is 0 Å². The van der Waals surface area contributed by atoms with E-state index in [1.807, 2.05) is 26.1 Å². The molecule has 1 aromatic rings. The molecule has 0 spiro atoms. The fourth-order valence-corrected chi connectivity index (χ4v) is 1.85. The van der Waals surface area contributed by atoms with Gasteiger partial charge < -0.3 is 14.8 Å². The number of benzene rings is 1. The molecule has 0 aliphatic heterocycles. The minimum absolute atomic E-state index is 0.695. The van der Waals surface area contributed by atoms with Crippen molar-refractivity contribution in [3.8, 4) is 5.75 Å². The van der Waals surface area contributed by atoms with Gasteiger partial charge >= 0.3 is 0 Å². The van der Waals surface area contributed by atoms with Gasteiger partial charge in [0.05, 0.1) is 6.61 Å². The van der Waals surface area contributed by atoms with Crippen molar-refractivity contribution in [2.24, 2.45) is 0 Å². The molecule has 0 heterocycles. The van der Waals surface area contributed by atoms with E-state index < -0.39 is 0 Å². The number of rotatable bonds is 8. The quantitative estimate of drug-likeness (QED) is 0.749. The minimum Gasteiger partial charge on any atom is -0.493 e. The topological polar surface area (TPSA) is 30.5 Å². The first kappa shape index (κ1) is 14.5. The summed E-state index contributed by atoms with van der Waals surface area (Å²) in [6.45, 7) is 5.05. The summed E-state index contributed by atoms with van der Waals surface area (Å²) in [7, 11) is 1.93. The summed E-state index contributed by atoms with van der Waals surface area (Å²) >= 11 is 3.52. The molecule has 3 nitrogen and oxygen atoms in total. The molecule has 0 atom stereocenters. The lowest BCUT2D eigenvalue weighted by atomic mass is 10.2. The Morgan fingerprint density at radius 1 is 1.29 bits per heavy atom. The Morgan fingerprint density at radius 3 is 2.82 bits per heavy atom. The lowest BCUT2D eigenvalue weighted by molar-refractivity contribution is 0.131. The molecule has 0 saturated heterocycles. The average Bonchev–Trinajstić information content (AvgIpc) is 2.33. The molecule has 0 bridgehead atoms. The van der Waals surface area contributed by atoms with Crippen molar-refractivity contribution in [2.75, 3.05) is 26.9 Å². The van der Waals surface area contributed by atoms with Gasteiger partial charge in [0.1, 0.15) is 5.75 Å².